The molecule has 1 unspecified atom stereocenters. The third-order valence-corrected chi connectivity index (χ3v) is 6.13. The van der Waals surface area contributed by atoms with Crippen molar-refractivity contribution in [3.63, 3.8) is 0 Å². The molecule has 0 amide bonds. The van der Waals surface area contributed by atoms with Gasteiger partial charge in [-0.05, 0) is 42.3 Å². The predicted octanol–water partition coefficient (Wildman–Crippen LogP) is 3.43. The van der Waals surface area contributed by atoms with Crippen LogP contribution in [0.15, 0.2) is 69.9 Å². The molecule has 2 aliphatic heterocycles. The third kappa shape index (κ3) is 3.20. The maximum atomic E-state index is 12.3. The van der Waals surface area contributed by atoms with Crippen molar-refractivity contribution in [2.24, 2.45) is 0 Å². The lowest BCUT2D eigenvalue weighted by atomic mass is 9.97. The smallest absolute Gasteiger partial charge is 0.336 e. The fourth-order valence-corrected chi connectivity index (χ4v) is 4.65. The van der Waals surface area contributed by atoms with Crippen LogP contribution in [0, 0.1) is 6.92 Å². The standard InChI is InChI=1S/C26H21NO5/c1-16-25-19(10-21-20(11-24(28)32-26(16)21)18-5-3-2-4-6-18)13-27(14-29-25)12-17-7-8-22-23(9-17)31-15-30-22/h2-11H,12-15H2,1H3/p+1. The molecule has 1 atom stereocenters. The van der Waals surface area contributed by atoms with Crippen LogP contribution in [0.2, 0.25) is 0 Å². The van der Waals surface area contributed by atoms with Crippen LogP contribution in [0.5, 0.6) is 17.2 Å². The lowest BCUT2D eigenvalue weighted by molar-refractivity contribution is -0.945. The van der Waals surface area contributed by atoms with Gasteiger partial charge >= 0.3 is 5.63 Å². The molecule has 0 spiro atoms. The van der Waals surface area contributed by atoms with Gasteiger partial charge in [-0.15, -0.1) is 0 Å². The number of hydrogen-bond acceptors (Lipinski definition) is 5. The van der Waals surface area contributed by atoms with Gasteiger partial charge in [-0.25, -0.2) is 4.79 Å². The van der Waals surface area contributed by atoms with E-state index < -0.39 is 0 Å². The molecular weight excluding hydrogens is 406 g/mol. The third-order valence-electron chi connectivity index (χ3n) is 6.13. The molecule has 2 aliphatic rings. The Kier molecular flexibility index (Phi) is 4.40. The van der Waals surface area contributed by atoms with E-state index in [2.05, 4.69) is 12.1 Å². The number of aryl methyl sites for hydroxylation is 1. The van der Waals surface area contributed by atoms with Crippen LogP contribution in [0.3, 0.4) is 0 Å². The van der Waals surface area contributed by atoms with Crippen LogP contribution in [0.1, 0.15) is 16.7 Å². The van der Waals surface area contributed by atoms with Crippen LogP contribution < -0.4 is 24.7 Å². The number of benzene rings is 3. The van der Waals surface area contributed by atoms with Crippen molar-refractivity contribution in [1.29, 1.82) is 0 Å². The summed E-state index contributed by atoms with van der Waals surface area (Å²) < 4.78 is 22.7. The van der Waals surface area contributed by atoms with Crippen LogP contribution in [-0.4, -0.2) is 13.5 Å². The molecular formula is C26H22NO5+. The largest absolute Gasteiger partial charge is 0.454 e. The monoisotopic (exact) mass is 428 g/mol. The maximum Gasteiger partial charge on any atom is 0.336 e. The first kappa shape index (κ1) is 19.0. The van der Waals surface area contributed by atoms with Gasteiger partial charge in [0.2, 0.25) is 13.5 Å². The van der Waals surface area contributed by atoms with E-state index in [1.54, 1.807) is 6.07 Å². The van der Waals surface area contributed by atoms with E-state index in [9.17, 15) is 4.79 Å². The van der Waals surface area contributed by atoms with Crippen molar-refractivity contribution in [3.05, 3.63) is 87.8 Å². The van der Waals surface area contributed by atoms with E-state index in [0.717, 1.165) is 58.0 Å². The van der Waals surface area contributed by atoms with E-state index in [4.69, 9.17) is 18.6 Å². The minimum absolute atomic E-state index is 0.276. The van der Waals surface area contributed by atoms with Gasteiger partial charge in [0, 0.05) is 28.1 Å². The first-order valence-corrected chi connectivity index (χ1v) is 10.7. The molecule has 160 valence electrons. The summed E-state index contributed by atoms with van der Waals surface area (Å²) in [5.41, 5.74) is 5.26. The predicted molar refractivity (Wildman–Crippen MR) is 119 cm³/mol. The van der Waals surface area contributed by atoms with Gasteiger partial charge in [0.25, 0.3) is 0 Å². The molecule has 0 radical (unpaired) electrons. The Hall–Kier alpha value is -3.77. The van der Waals surface area contributed by atoms with Gasteiger partial charge in [0.05, 0.1) is 0 Å². The molecule has 6 heteroatoms. The average molecular weight is 428 g/mol. The highest BCUT2D eigenvalue weighted by molar-refractivity contribution is 5.96. The van der Waals surface area contributed by atoms with Gasteiger partial charge in [0.1, 0.15) is 24.4 Å². The fraction of sp³-hybridized carbons (Fsp3) is 0.192. The summed E-state index contributed by atoms with van der Waals surface area (Å²) in [6.07, 6.45) is 0. The zero-order valence-corrected chi connectivity index (χ0v) is 17.6. The normalized spacial score (nSPS) is 16.6. The van der Waals surface area contributed by atoms with Crippen LogP contribution >= 0.6 is 0 Å². The lowest BCUT2D eigenvalue weighted by Crippen LogP contribution is -3.10. The number of quaternary nitrogens is 1. The number of rotatable bonds is 3. The van der Waals surface area contributed by atoms with Crippen molar-refractivity contribution < 1.29 is 23.5 Å². The first-order chi connectivity index (χ1) is 15.7. The molecule has 4 aromatic rings. The molecule has 0 bridgehead atoms. The first-order valence-electron chi connectivity index (χ1n) is 10.7. The minimum Gasteiger partial charge on any atom is -0.454 e. The van der Waals surface area contributed by atoms with E-state index in [1.165, 1.54) is 10.5 Å². The Bertz CT molecular complexity index is 1390. The number of nitrogens with one attached hydrogen (secondary N) is 1. The van der Waals surface area contributed by atoms with Crippen LogP contribution in [-0.2, 0) is 13.1 Å². The van der Waals surface area contributed by atoms with Crippen LogP contribution in [0.4, 0.5) is 0 Å². The summed E-state index contributed by atoms with van der Waals surface area (Å²) in [6, 6.07) is 19.7. The number of ether oxygens (including phenoxy) is 3. The average Bonchev–Trinajstić information content (AvgIpc) is 3.28. The molecule has 1 aromatic heterocycles. The summed E-state index contributed by atoms with van der Waals surface area (Å²) >= 11 is 0. The Morgan fingerprint density at radius 2 is 1.78 bits per heavy atom. The van der Waals surface area contributed by atoms with Gasteiger partial charge in [-0.3, -0.25) is 4.90 Å². The number of fused-ring (bicyclic) bond motifs is 3. The molecule has 3 aromatic carbocycles. The summed E-state index contributed by atoms with van der Waals surface area (Å²) in [5.74, 6) is 2.41. The highest BCUT2D eigenvalue weighted by Crippen LogP contribution is 2.37. The molecule has 32 heavy (non-hydrogen) atoms. The molecule has 6 nitrogen and oxygen atoms in total. The highest BCUT2D eigenvalue weighted by Gasteiger charge is 2.26. The number of hydrogen-bond donors (Lipinski definition) is 1. The van der Waals surface area contributed by atoms with Crippen molar-refractivity contribution in [2.45, 2.75) is 20.0 Å². The van der Waals surface area contributed by atoms with Crippen LogP contribution in [0.25, 0.3) is 22.1 Å². The second-order valence-electron chi connectivity index (χ2n) is 8.29. The second kappa shape index (κ2) is 7.43. The Labute approximate surface area is 184 Å². The van der Waals surface area contributed by atoms with E-state index in [-0.39, 0.29) is 12.4 Å². The van der Waals surface area contributed by atoms with Crippen molar-refractivity contribution >= 4 is 11.0 Å². The quantitative estimate of drug-likeness (QED) is 0.507. The van der Waals surface area contributed by atoms with Gasteiger partial charge in [0.15, 0.2) is 11.5 Å². The van der Waals surface area contributed by atoms with E-state index >= 15 is 0 Å². The molecule has 0 aliphatic carbocycles. The SMILES string of the molecule is Cc1c2c(cc3c(-c4ccccc4)cc(=O)oc13)C[NH+](Cc1ccc3c(c1)OCO3)CO2. The molecule has 3 heterocycles. The Morgan fingerprint density at radius 1 is 0.938 bits per heavy atom. The Balaban J connectivity index is 1.38. The zero-order chi connectivity index (χ0) is 21.7. The fourth-order valence-electron chi connectivity index (χ4n) is 4.65. The molecule has 1 N–H and O–H groups in total. The minimum atomic E-state index is -0.356. The zero-order valence-electron chi connectivity index (χ0n) is 17.6. The second-order valence-corrected chi connectivity index (χ2v) is 8.29. The van der Waals surface area contributed by atoms with E-state index in [0.29, 0.717) is 12.3 Å². The van der Waals surface area contributed by atoms with Gasteiger partial charge in [-0.1, -0.05) is 30.3 Å². The molecule has 0 fully saturated rings. The summed E-state index contributed by atoms with van der Waals surface area (Å²) in [6.45, 7) is 4.40. The molecule has 6 rings (SSSR count). The molecule has 0 saturated heterocycles. The van der Waals surface area contributed by atoms with Gasteiger partial charge < -0.3 is 18.6 Å². The Morgan fingerprint density at radius 3 is 2.66 bits per heavy atom. The summed E-state index contributed by atoms with van der Waals surface area (Å²) in [7, 11) is 0. The lowest BCUT2D eigenvalue weighted by Gasteiger charge is -2.28. The van der Waals surface area contributed by atoms with Crippen molar-refractivity contribution in [2.75, 3.05) is 13.5 Å². The topological polar surface area (TPSA) is 62.3 Å². The highest BCUT2D eigenvalue weighted by atomic mass is 16.7. The van der Waals surface area contributed by atoms with Crippen molar-refractivity contribution in [1.82, 2.24) is 0 Å². The molecule has 0 saturated carbocycles. The van der Waals surface area contributed by atoms with Gasteiger partial charge in [-0.2, -0.15) is 0 Å². The van der Waals surface area contributed by atoms with E-state index in [1.807, 2.05) is 49.4 Å². The summed E-state index contributed by atoms with van der Waals surface area (Å²) in [4.78, 5) is 13.6. The summed E-state index contributed by atoms with van der Waals surface area (Å²) in [5, 5.41) is 0.931. The van der Waals surface area contributed by atoms with Crippen molar-refractivity contribution in [3.8, 4) is 28.4 Å². The maximum absolute atomic E-state index is 12.3.